The van der Waals surface area contributed by atoms with E-state index in [1.165, 1.54) is 7.11 Å². The van der Waals surface area contributed by atoms with Crippen LogP contribution in [-0.2, 0) is 4.74 Å². The highest BCUT2D eigenvalue weighted by atomic mass is 19.3. The normalized spacial score (nSPS) is 26.2. The van der Waals surface area contributed by atoms with Crippen molar-refractivity contribution in [2.75, 3.05) is 13.7 Å². The van der Waals surface area contributed by atoms with E-state index in [4.69, 9.17) is 10.5 Å². The molecule has 0 amide bonds. The van der Waals surface area contributed by atoms with E-state index < -0.39 is 5.92 Å². The summed E-state index contributed by atoms with van der Waals surface area (Å²) in [5.74, 6) is -2.50. The van der Waals surface area contributed by atoms with Gasteiger partial charge in [0.05, 0.1) is 6.10 Å². The Morgan fingerprint density at radius 3 is 2.45 bits per heavy atom. The third kappa shape index (κ3) is 1.87. The molecule has 1 aliphatic rings. The van der Waals surface area contributed by atoms with E-state index in [1.54, 1.807) is 0 Å². The lowest BCUT2D eigenvalue weighted by atomic mass is 9.77. The van der Waals surface area contributed by atoms with Crippen LogP contribution in [0.15, 0.2) is 0 Å². The summed E-state index contributed by atoms with van der Waals surface area (Å²) in [6.45, 7) is 0.331. The van der Waals surface area contributed by atoms with Gasteiger partial charge in [-0.3, -0.25) is 0 Å². The minimum absolute atomic E-state index is 0.0417. The summed E-state index contributed by atoms with van der Waals surface area (Å²) in [5, 5.41) is 0. The summed E-state index contributed by atoms with van der Waals surface area (Å²) in [6, 6.07) is 0. The van der Waals surface area contributed by atoms with Crippen molar-refractivity contribution in [3.63, 3.8) is 0 Å². The quantitative estimate of drug-likeness (QED) is 0.677. The largest absolute Gasteiger partial charge is 0.380 e. The van der Waals surface area contributed by atoms with Crippen molar-refractivity contribution in [2.45, 2.75) is 24.9 Å². The first-order chi connectivity index (χ1) is 5.09. The first kappa shape index (κ1) is 8.87. The van der Waals surface area contributed by atoms with Gasteiger partial charge in [-0.05, 0) is 5.92 Å². The Labute approximate surface area is 64.7 Å². The first-order valence-electron chi connectivity index (χ1n) is 3.70. The van der Waals surface area contributed by atoms with E-state index in [0.717, 1.165) is 0 Å². The molecule has 66 valence electrons. The molecular weight excluding hydrogens is 152 g/mol. The third-order valence-corrected chi connectivity index (χ3v) is 2.18. The highest BCUT2D eigenvalue weighted by Gasteiger charge is 2.48. The maximum Gasteiger partial charge on any atom is 0.248 e. The van der Waals surface area contributed by atoms with Crippen molar-refractivity contribution in [2.24, 2.45) is 11.7 Å². The number of rotatable bonds is 3. The van der Waals surface area contributed by atoms with Gasteiger partial charge >= 0.3 is 0 Å². The maximum atomic E-state index is 12.3. The lowest BCUT2D eigenvalue weighted by molar-refractivity contribution is -0.145. The summed E-state index contributed by atoms with van der Waals surface area (Å²) >= 11 is 0. The Bertz CT molecular complexity index is 128. The van der Waals surface area contributed by atoms with Crippen LogP contribution in [0.4, 0.5) is 8.78 Å². The van der Waals surface area contributed by atoms with Crippen molar-refractivity contribution in [1.29, 1.82) is 0 Å². The minimum Gasteiger partial charge on any atom is -0.380 e. The average Bonchev–Trinajstić information content (AvgIpc) is 1.86. The Hall–Kier alpha value is -0.220. The highest BCUT2D eigenvalue weighted by Crippen LogP contribution is 2.44. The van der Waals surface area contributed by atoms with E-state index in [0.29, 0.717) is 6.54 Å². The van der Waals surface area contributed by atoms with Crippen LogP contribution in [0, 0.1) is 5.92 Å². The topological polar surface area (TPSA) is 35.2 Å². The van der Waals surface area contributed by atoms with Gasteiger partial charge in [-0.2, -0.15) is 0 Å². The molecular formula is C7H13F2NO. The minimum atomic E-state index is -2.46. The molecule has 1 rings (SSSR count). The van der Waals surface area contributed by atoms with Crippen LogP contribution >= 0.6 is 0 Å². The van der Waals surface area contributed by atoms with Gasteiger partial charge in [0.25, 0.3) is 0 Å². The van der Waals surface area contributed by atoms with E-state index >= 15 is 0 Å². The Morgan fingerprint density at radius 1 is 1.64 bits per heavy atom. The zero-order chi connectivity index (χ0) is 8.48. The molecule has 1 unspecified atom stereocenters. The second-order valence-electron chi connectivity index (χ2n) is 3.03. The molecule has 0 aromatic heterocycles. The smallest absolute Gasteiger partial charge is 0.248 e. The van der Waals surface area contributed by atoms with Crippen LogP contribution < -0.4 is 5.73 Å². The standard InChI is InChI=1S/C7H13F2NO/c1-11-6(4-10)5-2-7(8,9)3-5/h5-6H,2-4,10H2,1H3. The van der Waals surface area contributed by atoms with Gasteiger partial charge in [-0.15, -0.1) is 0 Å². The van der Waals surface area contributed by atoms with Crippen molar-refractivity contribution >= 4 is 0 Å². The Balaban J connectivity index is 2.30. The second kappa shape index (κ2) is 3.03. The molecule has 4 heteroatoms. The van der Waals surface area contributed by atoms with Crippen LogP contribution in [0.2, 0.25) is 0 Å². The molecule has 0 radical (unpaired) electrons. The van der Waals surface area contributed by atoms with Gasteiger partial charge < -0.3 is 10.5 Å². The number of methoxy groups -OCH3 is 1. The number of halogens is 2. The molecule has 2 nitrogen and oxygen atoms in total. The van der Waals surface area contributed by atoms with E-state index in [2.05, 4.69) is 0 Å². The van der Waals surface area contributed by atoms with Crippen molar-refractivity contribution in [3.8, 4) is 0 Å². The van der Waals surface area contributed by atoms with Crippen LogP contribution in [-0.4, -0.2) is 25.7 Å². The van der Waals surface area contributed by atoms with E-state index in [1.807, 2.05) is 0 Å². The summed E-state index contributed by atoms with van der Waals surface area (Å²) < 4.78 is 29.6. The number of alkyl halides is 2. The molecule has 0 spiro atoms. The molecule has 0 heterocycles. The molecule has 11 heavy (non-hydrogen) atoms. The molecule has 0 aromatic carbocycles. The SMILES string of the molecule is COC(CN)C1CC(F)(F)C1. The van der Waals surface area contributed by atoms with Gasteiger partial charge in [0.15, 0.2) is 0 Å². The summed E-state index contributed by atoms with van der Waals surface area (Å²) in [6.07, 6.45) is -0.319. The number of nitrogens with two attached hydrogens (primary N) is 1. The number of hydrogen-bond donors (Lipinski definition) is 1. The first-order valence-corrected chi connectivity index (χ1v) is 3.70. The highest BCUT2D eigenvalue weighted by molar-refractivity contribution is 4.90. The fourth-order valence-electron chi connectivity index (χ4n) is 1.45. The predicted molar refractivity (Wildman–Crippen MR) is 37.5 cm³/mol. The average molecular weight is 165 g/mol. The van der Waals surface area contributed by atoms with Gasteiger partial charge in [-0.25, -0.2) is 8.78 Å². The third-order valence-electron chi connectivity index (χ3n) is 2.18. The molecule has 0 aromatic rings. The predicted octanol–water partition coefficient (Wildman–Crippen LogP) is 1.01. The number of ether oxygens (including phenoxy) is 1. The van der Waals surface area contributed by atoms with E-state index in [-0.39, 0.29) is 24.9 Å². The van der Waals surface area contributed by atoms with Crippen LogP contribution in [0.1, 0.15) is 12.8 Å². The van der Waals surface area contributed by atoms with E-state index in [9.17, 15) is 8.78 Å². The molecule has 0 aliphatic heterocycles. The Kier molecular flexibility index (Phi) is 2.44. The molecule has 1 atom stereocenters. The van der Waals surface area contributed by atoms with Gasteiger partial charge in [0, 0.05) is 26.5 Å². The molecule has 0 bridgehead atoms. The monoisotopic (exact) mass is 165 g/mol. The van der Waals surface area contributed by atoms with Crippen LogP contribution in [0.25, 0.3) is 0 Å². The summed E-state index contributed by atoms with van der Waals surface area (Å²) in [4.78, 5) is 0. The van der Waals surface area contributed by atoms with Crippen molar-refractivity contribution in [3.05, 3.63) is 0 Å². The molecule has 0 saturated heterocycles. The van der Waals surface area contributed by atoms with Crippen molar-refractivity contribution < 1.29 is 13.5 Å². The lowest BCUT2D eigenvalue weighted by Gasteiger charge is -2.38. The molecule has 2 N–H and O–H groups in total. The van der Waals surface area contributed by atoms with Gasteiger partial charge in [-0.1, -0.05) is 0 Å². The van der Waals surface area contributed by atoms with Crippen LogP contribution in [0.5, 0.6) is 0 Å². The molecule has 1 fully saturated rings. The lowest BCUT2D eigenvalue weighted by Crippen LogP contribution is -2.45. The van der Waals surface area contributed by atoms with Crippen molar-refractivity contribution in [1.82, 2.24) is 0 Å². The van der Waals surface area contributed by atoms with Gasteiger partial charge in [0.2, 0.25) is 5.92 Å². The molecule has 1 saturated carbocycles. The zero-order valence-corrected chi connectivity index (χ0v) is 6.52. The van der Waals surface area contributed by atoms with Gasteiger partial charge in [0.1, 0.15) is 0 Å². The maximum absolute atomic E-state index is 12.3. The fraction of sp³-hybridized carbons (Fsp3) is 1.00. The number of hydrogen-bond acceptors (Lipinski definition) is 2. The molecule has 1 aliphatic carbocycles. The summed E-state index contributed by atoms with van der Waals surface area (Å²) in [5.41, 5.74) is 5.31. The van der Waals surface area contributed by atoms with Crippen LogP contribution in [0.3, 0.4) is 0 Å². The zero-order valence-electron chi connectivity index (χ0n) is 6.52. The Morgan fingerprint density at radius 2 is 2.18 bits per heavy atom. The summed E-state index contributed by atoms with van der Waals surface area (Å²) in [7, 11) is 1.51. The second-order valence-corrected chi connectivity index (χ2v) is 3.03. The fourth-order valence-corrected chi connectivity index (χ4v) is 1.45.